The van der Waals surface area contributed by atoms with Crippen molar-refractivity contribution in [2.75, 3.05) is 0 Å². The summed E-state index contributed by atoms with van der Waals surface area (Å²) in [7, 11) is 1.90. The number of hydrogen-bond acceptors (Lipinski definition) is 3. The van der Waals surface area contributed by atoms with Gasteiger partial charge >= 0.3 is 0 Å². The summed E-state index contributed by atoms with van der Waals surface area (Å²) >= 11 is 1.80. The summed E-state index contributed by atoms with van der Waals surface area (Å²) in [4.78, 5) is 1.40. The van der Waals surface area contributed by atoms with Crippen LogP contribution in [0.2, 0.25) is 0 Å². The fraction of sp³-hybridized carbons (Fsp3) is 0.357. The summed E-state index contributed by atoms with van der Waals surface area (Å²) in [6, 6.07) is 8.80. The van der Waals surface area contributed by atoms with Crippen molar-refractivity contribution in [1.29, 1.82) is 5.26 Å². The molecule has 0 saturated carbocycles. The molecule has 0 aromatic carbocycles. The standard InChI is InChI=1S/C14H17N3S/c1-11(6-14-4-3-5-18-14)16-9-12-7-13(8-15)17(2)10-12/h3-5,7,10-11,16H,6,9H2,1-2H3. The fourth-order valence-corrected chi connectivity index (χ4v) is 2.77. The molecule has 0 radical (unpaired) electrons. The molecule has 2 rings (SSSR count). The number of thiophene rings is 1. The van der Waals surface area contributed by atoms with Crippen LogP contribution in [0.25, 0.3) is 0 Å². The highest BCUT2D eigenvalue weighted by molar-refractivity contribution is 7.09. The van der Waals surface area contributed by atoms with Crippen LogP contribution >= 0.6 is 11.3 Å². The van der Waals surface area contributed by atoms with E-state index in [1.165, 1.54) is 4.88 Å². The second-order valence-corrected chi connectivity index (χ2v) is 5.55. The van der Waals surface area contributed by atoms with Crippen LogP contribution < -0.4 is 5.32 Å². The van der Waals surface area contributed by atoms with Crippen molar-refractivity contribution in [2.24, 2.45) is 7.05 Å². The van der Waals surface area contributed by atoms with Crippen LogP contribution in [0.4, 0.5) is 0 Å². The topological polar surface area (TPSA) is 40.8 Å². The van der Waals surface area contributed by atoms with E-state index in [-0.39, 0.29) is 0 Å². The van der Waals surface area contributed by atoms with Gasteiger partial charge in [0.05, 0.1) is 0 Å². The second kappa shape index (κ2) is 5.85. The maximum atomic E-state index is 8.89. The smallest absolute Gasteiger partial charge is 0.120 e. The van der Waals surface area contributed by atoms with Gasteiger partial charge in [-0.15, -0.1) is 11.3 Å². The maximum Gasteiger partial charge on any atom is 0.120 e. The van der Waals surface area contributed by atoms with Gasteiger partial charge in [0.15, 0.2) is 0 Å². The number of nitrogens with zero attached hydrogens (tertiary/aromatic N) is 2. The minimum atomic E-state index is 0.439. The average Bonchev–Trinajstić information content (AvgIpc) is 2.96. The lowest BCUT2D eigenvalue weighted by Crippen LogP contribution is -2.27. The summed E-state index contributed by atoms with van der Waals surface area (Å²) in [6.07, 6.45) is 3.05. The number of aryl methyl sites for hydroxylation is 1. The third kappa shape index (κ3) is 3.22. The summed E-state index contributed by atoms with van der Waals surface area (Å²) in [6.45, 7) is 3.00. The molecule has 94 valence electrons. The molecule has 0 aliphatic rings. The molecule has 2 aromatic rings. The molecule has 0 amide bonds. The Morgan fingerprint density at radius 3 is 3.00 bits per heavy atom. The van der Waals surface area contributed by atoms with Crippen LogP contribution in [0.5, 0.6) is 0 Å². The van der Waals surface area contributed by atoms with E-state index in [1.54, 1.807) is 11.3 Å². The van der Waals surface area contributed by atoms with E-state index in [0.29, 0.717) is 11.7 Å². The molecule has 0 spiro atoms. The average molecular weight is 259 g/mol. The van der Waals surface area contributed by atoms with E-state index in [2.05, 4.69) is 35.8 Å². The molecular weight excluding hydrogens is 242 g/mol. The van der Waals surface area contributed by atoms with Crippen molar-refractivity contribution >= 4 is 11.3 Å². The predicted molar refractivity (Wildman–Crippen MR) is 74.5 cm³/mol. The van der Waals surface area contributed by atoms with E-state index in [4.69, 9.17) is 5.26 Å². The molecule has 0 bridgehead atoms. The normalized spacial score (nSPS) is 12.3. The Balaban J connectivity index is 1.85. The third-order valence-electron chi connectivity index (χ3n) is 2.92. The molecule has 3 nitrogen and oxygen atoms in total. The Kier molecular flexibility index (Phi) is 4.19. The van der Waals surface area contributed by atoms with Gasteiger partial charge in [0, 0.05) is 30.7 Å². The van der Waals surface area contributed by atoms with Gasteiger partial charge in [-0.2, -0.15) is 5.26 Å². The van der Waals surface area contributed by atoms with Crippen LogP contribution in [-0.2, 0) is 20.0 Å². The van der Waals surface area contributed by atoms with Crippen molar-refractivity contribution in [3.8, 4) is 6.07 Å². The molecule has 1 atom stereocenters. The Morgan fingerprint density at radius 1 is 1.56 bits per heavy atom. The highest BCUT2D eigenvalue weighted by atomic mass is 32.1. The highest BCUT2D eigenvalue weighted by Gasteiger charge is 2.06. The van der Waals surface area contributed by atoms with E-state index in [1.807, 2.05) is 23.9 Å². The quantitative estimate of drug-likeness (QED) is 0.897. The molecule has 18 heavy (non-hydrogen) atoms. The van der Waals surface area contributed by atoms with Crippen molar-refractivity contribution in [3.05, 3.63) is 45.9 Å². The van der Waals surface area contributed by atoms with Crippen molar-refractivity contribution in [3.63, 3.8) is 0 Å². The van der Waals surface area contributed by atoms with Gasteiger partial charge in [0.25, 0.3) is 0 Å². The Labute approximate surface area is 112 Å². The van der Waals surface area contributed by atoms with Gasteiger partial charge in [-0.25, -0.2) is 0 Å². The number of nitrogens with one attached hydrogen (secondary N) is 1. The summed E-state index contributed by atoms with van der Waals surface area (Å²) in [5.74, 6) is 0. The zero-order valence-corrected chi connectivity index (χ0v) is 11.5. The number of hydrogen-bond donors (Lipinski definition) is 1. The molecule has 2 aromatic heterocycles. The minimum Gasteiger partial charge on any atom is -0.342 e. The van der Waals surface area contributed by atoms with Crippen molar-refractivity contribution in [2.45, 2.75) is 25.9 Å². The Hall–Kier alpha value is -1.57. The largest absolute Gasteiger partial charge is 0.342 e. The lowest BCUT2D eigenvalue weighted by Gasteiger charge is -2.11. The molecule has 0 fully saturated rings. The van der Waals surface area contributed by atoms with Gasteiger partial charge in [-0.05, 0) is 36.4 Å². The van der Waals surface area contributed by atoms with Gasteiger partial charge in [0.1, 0.15) is 11.8 Å². The second-order valence-electron chi connectivity index (χ2n) is 4.52. The zero-order valence-electron chi connectivity index (χ0n) is 10.7. The first-order valence-electron chi connectivity index (χ1n) is 6.00. The molecule has 4 heteroatoms. The Morgan fingerprint density at radius 2 is 2.39 bits per heavy atom. The van der Waals surface area contributed by atoms with E-state index in [9.17, 15) is 0 Å². The minimum absolute atomic E-state index is 0.439. The van der Waals surface area contributed by atoms with E-state index >= 15 is 0 Å². The first-order chi connectivity index (χ1) is 8.69. The lowest BCUT2D eigenvalue weighted by molar-refractivity contribution is 0.548. The molecule has 1 unspecified atom stereocenters. The van der Waals surface area contributed by atoms with Crippen LogP contribution in [0.3, 0.4) is 0 Å². The highest BCUT2D eigenvalue weighted by Crippen LogP contribution is 2.12. The first-order valence-corrected chi connectivity index (χ1v) is 6.88. The molecule has 1 N–H and O–H groups in total. The lowest BCUT2D eigenvalue weighted by atomic mass is 10.2. The van der Waals surface area contributed by atoms with E-state index < -0.39 is 0 Å². The van der Waals surface area contributed by atoms with E-state index in [0.717, 1.165) is 18.5 Å². The number of aromatic nitrogens is 1. The van der Waals surface area contributed by atoms with Gasteiger partial charge in [-0.1, -0.05) is 6.07 Å². The Bertz CT molecular complexity index is 534. The molecule has 2 heterocycles. The van der Waals surface area contributed by atoms with Gasteiger partial charge < -0.3 is 9.88 Å². The summed E-state index contributed by atoms with van der Waals surface area (Å²) < 4.78 is 1.86. The van der Waals surface area contributed by atoms with Crippen LogP contribution in [-0.4, -0.2) is 10.6 Å². The first kappa shape index (κ1) is 12.9. The van der Waals surface area contributed by atoms with Crippen molar-refractivity contribution < 1.29 is 0 Å². The fourth-order valence-electron chi connectivity index (χ4n) is 1.94. The van der Waals surface area contributed by atoms with Gasteiger partial charge in [-0.3, -0.25) is 0 Å². The number of rotatable bonds is 5. The SMILES string of the molecule is CC(Cc1cccs1)NCc1cc(C#N)n(C)c1. The van der Waals surface area contributed by atoms with Crippen LogP contribution in [0.1, 0.15) is 23.1 Å². The van der Waals surface area contributed by atoms with Crippen LogP contribution in [0.15, 0.2) is 29.8 Å². The maximum absolute atomic E-state index is 8.89. The molecule has 0 aliphatic heterocycles. The predicted octanol–water partition coefficient (Wildman–Crippen LogP) is 2.68. The van der Waals surface area contributed by atoms with Crippen LogP contribution in [0, 0.1) is 11.3 Å². The summed E-state index contributed by atoms with van der Waals surface area (Å²) in [5, 5.41) is 14.5. The summed E-state index contributed by atoms with van der Waals surface area (Å²) in [5.41, 5.74) is 1.87. The molecular formula is C14H17N3S. The molecule has 0 saturated heterocycles. The third-order valence-corrected chi connectivity index (χ3v) is 3.82. The zero-order chi connectivity index (χ0) is 13.0. The molecule has 0 aliphatic carbocycles. The monoisotopic (exact) mass is 259 g/mol. The van der Waals surface area contributed by atoms with Gasteiger partial charge in [0.2, 0.25) is 0 Å². The number of nitriles is 1. The van der Waals surface area contributed by atoms with Crippen molar-refractivity contribution in [1.82, 2.24) is 9.88 Å².